The van der Waals surface area contributed by atoms with Gasteiger partial charge < -0.3 is 9.47 Å². The van der Waals surface area contributed by atoms with Gasteiger partial charge in [-0.2, -0.15) is 0 Å². The molecule has 0 unspecified atom stereocenters. The molecule has 4 heterocycles. The Hall–Kier alpha value is -3.61. The zero-order valence-electron chi connectivity index (χ0n) is 13.7. The second-order valence-electron chi connectivity index (χ2n) is 5.93. The van der Waals surface area contributed by atoms with Gasteiger partial charge in [0.15, 0.2) is 17.1 Å². The lowest BCUT2D eigenvalue weighted by molar-refractivity contribution is 0.171. The van der Waals surface area contributed by atoms with Crippen LogP contribution in [0, 0.1) is 0 Å². The second kappa shape index (κ2) is 5.73. The molecule has 0 fully saturated rings. The molecule has 1 aliphatic rings. The number of aromatic amines is 1. The molecule has 0 spiro atoms. The van der Waals surface area contributed by atoms with Crippen molar-refractivity contribution in [1.82, 2.24) is 19.6 Å². The summed E-state index contributed by atoms with van der Waals surface area (Å²) < 4.78 is 12.6. The Bertz CT molecular complexity index is 1160. The van der Waals surface area contributed by atoms with Crippen LogP contribution in [0.4, 0.5) is 0 Å². The molecule has 1 aliphatic heterocycles. The lowest BCUT2D eigenvalue weighted by Gasteiger charge is -2.18. The fourth-order valence-electron chi connectivity index (χ4n) is 3.07. The molecule has 3 aromatic heterocycles. The minimum atomic E-state index is -0.185. The number of nitrogens with one attached hydrogen (secondary N) is 1. The third-order valence-electron chi connectivity index (χ3n) is 4.31. The van der Waals surface area contributed by atoms with Gasteiger partial charge in [0.05, 0.1) is 5.69 Å². The molecule has 0 aliphatic carbocycles. The molecular formula is C19H14N4O3. The van der Waals surface area contributed by atoms with Crippen LogP contribution in [0.3, 0.4) is 0 Å². The number of rotatable bonds is 2. The molecule has 1 aromatic carbocycles. The van der Waals surface area contributed by atoms with E-state index in [-0.39, 0.29) is 5.56 Å². The normalized spacial score (nSPS) is 13.1. The van der Waals surface area contributed by atoms with Crippen LogP contribution in [0.15, 0.2) is 59.8 Å². The Labute approximate surface area is 147 Å². The molecule has 0 amide bonds. The molecule has 0 saturated heterocycles. The van der Waals surface area contributed by atoms with E-state index in [0.29, 0.717) is 36.1 Å². The van der Waals surface area contributed by atoms with Gasteiger partial charge in [-0.25, -0.2) is 9.50 Å². The van der Waals surface area contributed by atoms with Crippen molar-refractivity contribution in [2.75, 3.05) is 13.2 Å². The molecule has 0 saturated carbocycles. The summed E-state index contributed by atoms with van der Waals surface area (Å²) >= 11 is 0. The fourth-order valence-corrected chi connectivity index (χ4v) is 3.07. The zero-order chi connectivity index (χ0) is 17.5. The zero-order valence-corrected chi connectivity index (χ0v) is 13.7. The standard InChI is InChI=1S/C19H14N4O3/c24-18-9-15(12-3-4-16-17(8-12)26-7-6-25-16)22-19-14(11-21-23(18)19)13-2-1-5-20-10-13/h1-5,8-11,21H,6-7H2. The van der Waals surface area contributed by atoms with Crippen molar-refractivity contribution in [2.45, 2.75) is 0 Å². The van der Waals surface area contributed by atoms with Gasteiger partial charge in [0.1, 0.15) is 13.2 Å². The summed E-state index contributed by atoms with van der Waals surface area (Å²) in [6, 6.07) is 10.8. The maximum atomic E-state index is 12.5. The largest absolute Gasteiger partial charge is 0.486 e. The molecular weight excluding hydrogens is 332 g/mol. The molecule has 4 aromatic rings. The second-order valence-corrected chi connectivity index (χ2v) is 5.93. The van der Waals surface area contributed by atoms with E-state index in [2.05, 4.69) is 10.1 Å². The van der Waals surface area contributed by atoms with E-state index in [1.807, 2.05) is 30.3 Å². The maximum Gasteiger partial charge on any atom is 0.273 e. The van der Waals surface area contributed by atoms with E-state index in [1.54, 1.807) is 18.6 Å². The first kappa shape index (κ1) is 14.7. The smallest absolute Gasteiger partial charge is 0.273 e. The Morgan fingerprint density at radius 3 is 2.77 bits per heavy atom. The van der Waals surface area contributed by atoms with Crippen LogP contribution in [-0.2, 0) is 0 Å². The van der Waals surface area contributed by atoms with Crippen molar-refractivity contribution >= 4 is 5.65 Å². The SMILES string of the molecule is O=c1cc(-c2ccc3c(c2)OCCO3)nc2c(-c3cccnc3)c[nH]n12. The third kappa shape index (κ3) is 2.33. The average molecular weight is 346 g/mol. The van der Waals surface area contributed by atoms with E-state index in [9.17, 15) is 4.79 Å². The topological polar surface area (TPSA) is 81.5 Å². The number of ether oxygens (including phenoxy) is 2. The maximum absolute atomic E-state index is 12.5. The molecule has 128 valence electrons. The van der Waals surface area contributed by atoms with Gasteiger partial charge >= 0.3 is 0 Å². The van der Waals surface area contributed by atoms with Crippen molar-refractivity contribution in [3.05, 3.63) is 65.3 Å². The van der Waals surface area contributed by atoms with E-state index < -0.39 is 0 Å². The van der Waals surface area contributed by atoms with E-state index in [0.717, 1.165) is 16.7 Å². The summed E-state index contributed by atoms with van der Waals surface area (Å²) in [5.41, 5.74) is 3.45. The highest BCUT2D eigenvalue weighted by molar-refractivity contribution is 5.78. The van der Waals surface area contributed by atoms with Gasteiger partial charge in [0.25, 0.3) is 5.56 Å². The van der Waals surface area contributed by atoms with Gasteiger partial charge in [-0.05, 0) is 24.3 Å². The first-order valence-electron chi connectivity index (χ1n) is 8.21. The van der Waals surface area contributed by atoms with Crippen LogP contribution in [0.1, 0.15) is 0 Å². The van der Waals surface area contributed by atoms with Crippen molar-refractivity contribution in [3.63, 3.8) is 0 Å². The summed E-state index contributed by atoms with van der Waals surface area (Å²) in [5, 5.41) is 2.95. The highest BCUT2D eigenvalue weighted by Crippen LogP contribution is 2.34. The Morgan fingerprint density at radius 1 is 1.04 bits per heavy atom. The number of H-pyrrole nitrogens is 1. The fraction of sp³-hybridized carbons (Fsp3) is 0.105. The van der Waals surface area contributed by atoms with E-state index >= 15 is 0 Å². The molecule has 1 N–H and O–H groups in total. The summed E-state index contributed by atoms with van der Waals surface area (Å²) in [7, 11) is 0. The predicted molar refractivity (Wildman–Crippen MR) is 95.5 cm³/mol. The van der Waals surface area contributed by atoms with Crippen molar-refractivity contribution in [1.29, 1.82) is 0 Å². The lowest BCUT2D eigenvalue weighted by atomic mass is 10.1. The number of nitrogens with zero attached hydrogens (tertiary/aromatic N) is 3. The van der Waals surface area contributed by atoms with Crippen LogP contribution < -0.4 is 15.0 Å². The van der Waals surface area contributed by atoms with Crippen LogP contribution in [0.25, 0.3) is 28.0 Å². The number of fused-ring (bicyclic) bond motifs is 2. The molecule has 26 heavy (non-hydrogen) atoms. The number of hydrogen-bond donors (Lipinski definition) is 1. The quantitative estimate of drug-likeness (QED) is 0.603. The Kier molecular flexibility index (Phi) is 3.24. The minimum absolute atomic E-state index is 0.185. The van der Waals surface area contributed by atoms with E-state index in [1.165, 1.54) is 10.6 Å². The summed E-state index contributed by atoms with van der Waals surface area (Å²) in [6.07, 6.45) is 5.21. The van der Waals surface area contributed by atoms with Crippen molar-refractivity contribution < 1.29 is 9.47 Å². The molecule has 7 nitrogen and oxygen atoms in total. The number of aromatic nitrogens is 4. The first-order chi connectivity index (χ1) is 12.8. The average Bonchev–Trinajstić information content (AvgIpc) is 3.13. The van der Waals surface area contributed by atoms with Crippen LogP contribution in [-0.4, -0.2) is 32.8 Å². The van der Waals surface area contributed by atoms with Crippen molar-refractivity contribution in [2.24, 2.45) is 0 Å². The summed E-state index contributed by atoms with van der Waals surface area (Å²) in [5.74, 6) is 1.37. The molecule has 0 radical (unpaired) electrons. The van der Waals surface area contributed by atoms with Gasteiger partial charge in [-0.15, -0.1) is 0 Å². The van der Waals surface area contributed by atoms with Gasteiger partial charge in [0.2, 0.25) is 0 Å². The molecule has 0 bridgehead atoms. The van der Waals surface area contributed by atoms with Gasteiger partial charge in [-0.3, -0.25) is 14.9 Å². The van der Waals surface area contributed by atoms with Crippen molar-refractivity contribution in [3.8, 4) is 33.9 Å². The van der Waals surface area contributed by atoms with Gasteiger partial charge in [-0.1, -0.05) is 6.07 Å². The molecule has 5 rings (SSSR count). The first-order valence-corrected chi connectivity index (χ1v) is 8.21. The van der Waals surface area contributed by atoms with Crippen LogP contribution in [0.5, 0.6) is 11.5 Å². The summed E-state index contributed by atoms with van der Waals surface area (Å²) in [4.78, 5) is 21.4. The number of benzene rings is 1. The molecule has 0 atom stereocenters. The highest BCUT2D eigenvalue weighted by atomic mass is 16.6. The predicted octanol–water partition coefficient (Wildman–Crippen LogP) is 2.52. The Balaban J connectivity index is 1.69. The summed E-state index contributed by atoms with van der Waals surface area (Å²) in [6.45, 7) is 1.05. The monoisotopic (exact) mass is 346 g/mol. The number of pyridine rings is 1. The van der Waals surface area contributed by atoms with Crippen LogP contribution >= 0.6 is 0 Å². The molecule has 7 heteroatoms. The van der Waals surface area contributed by atoms with Gasteiger partial charge in [0, 0.05) is 41.3 Å². The lowest BCUT2D eigenvalue weighted by Crippen LogP contribution is -2.16. The highest BCUT2D eigenvalue weighted by Gasteiger charge is 2.15. The minimum Gasteiger partial charge on any atom is -0.486 e. The third-order valence-corrected chi connectivity index (χ3v) is 4.31. The number of hydrogen-bond acceptors (Lipinski definition) is 5. The van der Waals surface area contributed by atoms with E-state index in [4.69, 9.17) is 14.5 Å². The van der Waals surface area contributed by atoms with Crippen LogP contribution in [0.2, 0.25) is 0 Å². The Morgan fingerprint density at radius 2 is 1.92 bits per heavy atom.